The quantitative estimate of drug-likeness (QED) is 0.388. The average Bonchev–Trinajstić information content (AvgIpc) is 3.17. The fourth-order valence-electron chi connectivity index (χ4n) is 4.07. The molecule has 1 N–H and O–H groups in total. The maximum absolute atomic E-state index is 12.7. The van der Waals surface area contributed by atoms with Crippen LogP contribution >= 0.6 is 11.6 Å². The van der Waals surface area contributed by atoms with Crippen LogP contribution in [0.3, 0.4) is 0 Å². The second-order valence-corrected chi connectivity index (χ2v) is 9.68. The molecule has 2 aromatic heterocycles. The van der Waals surface area contributed by atoms with E-state index in [1.54, 1.807) is 18.4 Å². The summed E-state index contributed by atoms with van der Waals surface area (Å²) in [6.07, 6.45) is 1.71. The van der Waals surface area contributed by atoms with E-state index in [2.05, 4.69) is 26.1 Å². The monoisotopic (exact) mass is 451 g/mol. The van der Waals surface area contributed by atoms with Gasteiger partial charge in [0.15, 0.2) is 0 Å². The van der Waals surface area contributed by atoms with Gasteiger partial charge in [-0.05, 0) is 54.2 Å². The molecule has 1 amide bonds. The fraction of sp³-hybridized carbons (Fsp3) is 0.308. The molecule has 4 rings (SSSR count). The predicted octanol–water partition coefficient (Wildman–Crippen LogP) is 5.97. The molecule has 5 nitrogen and oxygen atoms in total. The van der Waals surface area contributed by atoms with Crippen LogP contribution in [0.25, 0.3) is 21.9 Å². The van der Waals surface area contributed by atoms with Crippen molar-refractivity contribution in [2.24, 2.45) is 0 Å². The standard InChI is InChI=1S/C26H26ClNO4/c1-14-10-20-23(24-22(14)19(13-31-24)26(3,4)5)15(2)18(25(30)32-20)11-21(29)28-12-16-6-8-17(27)9-7-16/h6-10,13H,11-12H2,1-5H3,(H,28,29). The first kappa shape index (κ1) is 22.2. The number of furan rings is 1. The molecule has 0 aliphatic rings. The summed E-state index contributed by atoms with van der Waals surface area (Å²) in [4.78, 5) is 25.3. The van der Waals surface area contributed by atoms with E-state index < -0.39 is 5.63 Å². The van der Waals surface area contributed by atoms with Crippen molar-refractivity contribution in [2.45, 2.75) is 53.0 Å². The van der Waals surface area contributed by atoms with Gasteiger partial charge in [-0.2, -0.15) is 0 Å². The number of carbonyl (C=O) groups is 1. The zero-order valence-electron chi connectivity index (χ0n) is 18.9. The van der Waals surface area contributed by atoms with E-state index in [1.807, 2.05) is 32.0 Å². The lowest BCUT2D eigenvalue weighted by Crippen LogP contribution is -2.27. The zero-order chi connectivity index (χ0) is 23.2. The number of benzene rings is 2. The highest BCUT2D eigenvalue weighted by molar-refractivity contribution is 6.30. The van der Waals surface area contributed by atoms with Gasteiger partial charge in [0.25, 0.3) is 0 Å². The molecule has 2 heterocycles. The van der Waals surface area contributed by atoms with Gasteiger partial charge in [-0.25, -0.2) is 4.79 Å². The second kappa shape index (κ2) is 8.14. The van der Waals surface area contributed by atoms with Crippen molar-refractivity contribution in [1.82, 2.24) is 5.32 Å². The number of halogens is 1. The Morgan fingerprint density at radius 3 is 2.44 bits per heavy atom. The van der Waals surface area contributed by atoms with E-state index in [-0.39, 0.29) is 17.7 Å². The van der Waals surface area contributed by atoms with E-state index in [9.17, 15) is 9.59 Å². The summed E-state index contributed by atoms with van der Waals surface area (Å²) in [5, 5.41) is 5.26. The first-order valence-electron chi connectivity index (χ1n) is 10.5. The molecule has 0 fully saturated rings. The molecule has 4 aromatic rings. The summed E-state index contributed by atoms with van der Waals surface area (Å²) >= 11 is 5.90. The highest BCUT2D eigenvalue weighted by atomic mass is 35.5. The summed E-state index contributed by atoms with van der Waals surface area (Å²) in [6.45, 7) is 10.6. The Morgan fingerprint density at radius 1 is 1.09 bits per heavy atom. The molecule has 6 heteroatoms. The Hall–Kier alpha value is -3.05. The number of amides is 1. The zero-order valence-corrected chi connectivity index (χ0v) is 19.6. The lowest BCUT2D eigenvalue weighted by Gasteiger charge is -2.17. The number of hydrogen-bond donors (Lipinski definition) is 1. The van der Waals surface area contributed by atoms with E-state index in [0.717, 1.165) is 27.5 Å². The van der Waals surface area contributed by atoms with Gasteiger partial charge in [-0.15, -0.1) is 0 Å². The van der Waals surface area contributed by atoms with Gasteiger partial charge in [-0.1, -0.05) is 44.5 Å². The lowest BCUT2D eigenvalue weighted by molar-refractivity contribution is -0.120. The van der Waals surface area contributed by atoms with E-state index in [1.165, 1.54) is 0 Å². The molecule has 0 aliphatic carbocycles. The van der Waals surface area contributed by atoms with Crippen LogP contribution < -0.4 is 10.9 Å². The predicted molar refractivity (Wildman–Crippen MR) is 127 cm³/mol. The summed E-state index contributed by atoms with van der Waals surface area (Å²) in [5.41, 5.74) is 4.61. The number of fused-ring (bicyclic) bond motifs is 3. The van der Waals surface area contributed by atoms with Gasteiger partial charge < -0.3 is 14.2 Å². The SMILES string of the molecule is Cc1cc2oc(=O)c(CC(=O)NCc3ccc(Cl)cc3)c(C)c2c2occ(C(C)(C)C)c12. The van der Waals surface area contributed by atoms with Crippen molar-refractivity contribution in [3.8, 4) is 0 Å². The summed E-state index contributed by atoms with van der Waals surface area (Å²) in [7, 11) is 0. The molecule has 0 bridgehead atoms. The topological polar surface area (TPSA) is 72.5 Å². The van der Waals surface area contributed by atoms with Crippen LogP contribution in [0.5, 0.6) is 0 Å². The number of rotatable bonds is 4. The van der Waals surface area contributed by atoms with E-state index in [0.29, 0.717) is 33.9 Å². The van der Waals surface area contributed by atoms with E-state index in [4.69, 9.17) is 20.4 Å². The number of nitrogens with one attached hydrogen (secondary N) is 1. The van der Waals surface area contributed by atoms with Gasteiger partial charge in [0, 0.05) is 22.5 Å². The third-order valence-electron chi connectivity index (χ3n) is 5.83. The van der Waals surface area contributed by atoms with Crippen LogP contribution in [-0.4, -0.2) is 5.91 Å². The van der Waals surface area contributed by atoms with Crippen molar-refractivity contribution in [3.05, 3.63) is 79.9 Å². The molecule has 0 aliphatic heterocycles. The van der Waals surface area contributed by atoms with Gasteiger partial charge in [0.05, 0.1) is 23.6 Å². The van der Waals surface area contributed by atoms with Crippen LogP contribution in [0.2, 0.25) is 5.02 Å². The Labute approximate surface area is 191 Å². The molecule has 0 radical (unpaired) electrons. The highest BCUT2D eigenvalue weighted by Crippen LogP contribution is 2.38. The summed E-state index contributed by atoms with van der Waals surface area (Å²) < 4.78 is 11.6. The molecule has 32 heavy (non-hydrogen) atoms. The van der Waals surface area contributed by atoms with Crippen molar-refractivity contribution in [3.63, 3.8) is 0 Å². The van der Waals surface area contributed by atoms with Gasteiger partial charge in [0.2, 0.25) is 5.91 Å². The molecule has 0 atom stereocenters. The number of aryl methyl sites for hydroxylation is 2. The lowest BCUT2D eigenvalue weighted by atomic mass is 9.85. The van der Waals surface area contributed by atoms with Crippen LogP contribution in [0.1, 0.15) is 48.6 Å². The summed E-state index contributed by atoms with van der Waals surface area (Å²) in [5.74, 6) is -0.257. The van der Waals surface area contributed by atoms with Crippen LogP contribution in [-0.2, 0) is 23.2 Å². The number of hydrogen-bond acceptors (Lipinski definition) is 4. The van der Waals surface area contributed by atoms with Crippen LogP contribution in [0.15, 0.2) is 50.2 Å². The fourth-order valence-corrected chi connectivity index (χ4v) is 4.20. The Bertz CT molecular complexity index is 1390. The first-order valence-corrected chi connectivity index (χ1v) is 10.9. The normalized spacial score (nSPS) is 11.9. The van der Waals surface area contributed by atoms with E-state index >= 15 is 0 Å². The molecule has 0 unspecified atom stereocenters. The molecule has 0 saturated carbocycles. The third-order valence-corrected chi connectivity index (χ3v) is 6.08. The minimum Gasteiger partial charge on any atom is -0.463 e. The van der Waals surface area contributed by atoms with Crippen molar-refractivity contribution in [1.29, 1.82) is 0 Å². The Morgan fingerprint density at radius 2 is 1.78 bits per heavy atom. The minimum atomic E-state index is -0.502. The molecule has 166 valence electrons. The molecule has 2 aromatic carbocycles. The number of carbonyl (C=O) groups excluding carboxylic acids is 1. The van der Waals surface area contributed by atoms with Crippen LogP contribution in [0, 0.1) is 13.8 Å². The van der Waals surface area contributed by atoms with Gasteiger partial charge >= 0.3 is 5.63 Å². The summed E-state index contributed by atoms with van der Waals surface area (Å²) in [6, 6.07) is 9.12. The molecular formula is C26H26ClNO4. The average molecular weight is 452 g/mol. The largest absolute Gasteiger partial charge is 0.463 e. The first-order chi connectivity index (χ1) is 15.1. The molecule has 0 spiro atoms. The van der Waals surface area contributed by atoms with Crippen LogP contribution in [0.4, 0.5) is 0 Å². The Balaban J connectivity index is 1.72. The third kappa shape index (κ3) is 4.05. The Kier molecular flexibility index (Phi) is 5.63. The second-order valence-electron chi connectivity index (χ2n) is 9.24. The maximum Gasteiger partial charge on any atom is 0.340 e. The maximum atomic E-state index is 12.7. The van der Waals surface area contributed by atoms with Crippen molar-refractivity contribution in [2.75, 3.05) is 0 Å². The van der Waals surface area contributed by atoms with Gasteiger partial charge in [0.1, 0.15) is 11.2 Å². The molecular weight excluding hydrogens is 426 g/mol. The highest BCUT2D eigenvalue weighted by Gasteiger charge is 2.25. The smallest absolute Gasteiger partial charge is 0.340 e. The minimum absolute atomic E-state index is 0.0695. The molecule has 0 saturated heterocycles. The van der Waals surface area contributed by atoms with Crippen molar-refractivity contribution < 1.29 is 13.6 Å². The van der Waals surface area contributed by atoms with Crippen molar-refractivity contribution >= 4 is 39.4 Å². The van der Waals surface area contributed by atoms with Gasteiger partial charge in [-0.3, -0.25) is 4.79 Å².